The summed E-state index contributed by atoms with van der Waals surface area (Å²) < 4.78 is 0. The van der Waals surface area contributed by atoms with Crippen molar-refractivity contribution >= 4 is 34.7 Å². The van der Waals surface area contributed by atoms with Gasteiger partial charge >= 0.3 is 0 Å². The van der Waals surface area contributed by atoms with Crippen molar-refractivity contribution in [3.05, 3.63) is 58.2 Å². The van der Waals surface area contributed by atoms with Gasteiger partial charge < -0.3 is 10.2 Å². The summed E-state index contributed by atoms with van der Waals surface area (Å²) in [6, 6.07) is 11.8. The highest BCUT2D eigenvalue weighted by Gasteiger charge is 2.26. The number of carbonyl (C=O) groups excluding carboxylic acids is 1. The number of benzene rings is 1. The van der Waals surface area contributed by atoms with Crippen LogP contribution in [-0.2, 0) is 11.3 Å². The molecule has 1 amide bonds. The predicted octanol–water partition coefficient (Wildman–Crippen LogP) is 4.09. The summed E-state index contributed by atoms with van der Waals surface area (Å²) in [5.41, 5.74) is 3.18. The van der Waals surface area contributed by atoms with E-state index in [4.69, 9.17) is 11.6 Å². The lowest BCUT2D eigenvalue weighted by atomic mass is 9.97. The van der Waals surface area contributed by atoms with Crippen LogP contribution in [0.2, 0.25) is 5.15 Å². The number of rotatable bonds is 5. The smallest absolute Gasteiger partial charge is 0.225 e. The molecule has 6 nitrogen and oxygen atoms in total. The third kappa shape index (κ3) is 4.92. The zero-order valence-electron chi connectivity index (χ0n) is 16.1. The molecule has 29 heavy (non-hydrogen) atoms. The van der Waals surface area contributed by atoms with Crippen molar-refractivity contribution in [1.29, 1.82) is 0 Å². The molecule has 1 N–H and O–H groups in total. The molecule has 3 heterocycles. The highest BCUT2D eigenvalue weighted by atomic mass is 35.5. The van der Waals surface area contributed by atoms with Crippen LogP contribution in [0.1, 0.15) is 24.1 Å². The first kappa shape index (κ1) is 19.8. The van der Waals surface area contributed by atoms with Crippen molar-refractivity contribution in [2.45, 2.75) is 26.3 Å². The Morgan fingerprint density at radius 2 is 2.21 bits per heavy atom. The number of thiazole rings is 1. The monoisotopic (exact) mass is 427 g/mol. The van der Waals surface area contributed by atoms with Crippen molar-refractivity contribution in [3.63, 3.8) is 0 Å². The van der Waals surface area contributed by atoms with E-state index in [2.05, 4.69) is 37.5 Å². The maximum atomic E-state index is 12.8. The van der Waals surface area contributed by atoms with Crippen LogP contribution in [0.3, 0.4) is 0 Å². The normalized spacial score (nSPS) is 16.6. The summed E-state index contributed by atoms with van der Waals surface area (Å²) in [7, 11) is 0. The predicted molar refractivity (Wildman–Crippen MR) is 116 cm³/mol. The first-order valence-electron chi connectivity index (χ1n) is 9.62. The Labute approximate surface area is 179 Å². The van der Waals surface area contributed by atoms with Crippen molar-refractivity contribution < 1.29 is 4.79 Å². The molecule has 1 fully saturated rings. The molecule has 0 saturated carbocycles. The standard InChI is InChI=1S/C21H22ClN5OS/c1-14-13-29-21(24-14)16-5-2-4-15(10-16)11-23-20(28)17-6-3-9-27(12-17)19-8-7-18(22)25-26-19/h2,4-5,7-8,10,13,17H,3,6,9,11-12H2,1H3,(H,23,28)/t17-/m1/s1. The van der Waals surface area contributed by atoms with Gasteiger partial charge in [-0.05, 0) is 43.5 Å². The second-order valence-electron chi connectivity index (χ2n) is 7.21. The molecule has 4 rings (SSSR count). The van der Waals surface area contributed by atoms with Gasteiger partial charge in [0.15, 0.2) is 11.0 Å². The molecule has 150 valence electrons. The fraction of sp³-hybridized carbons (Fsp3) is 0.333. The SMILES string of the molecule is Cc1csc(-c2cccc(CNC(=O)[C@@H]3CCCN(c4ccc(Cl)nn4)C3)c2)n1. The number of aryl methyl sites for hydroxylation is 1. The topological polar surface area (TPSA) is 71.0 Å². The summed E-state index contributed by atoms with van der Waals surface area (Å²) in [4.78, 5) is 19.4. The number of hydrogen-bond acceptors (Lipinski definition) is 6. The van der Waals surface area contributed by atoms with Gasteiger partial charge in [-0.2, -0.15) is 0 Å². The molecule has 0 unspecified atom stereocenters. The molecule has 8 heteroatoms. The van der Waals surface area contributed by atoms with Gasteiger partial charge in [-0.25, -0.2) is 4.98 Å². The largest absolute Gasteiger partial charge is 0.354 e. The minimum atomic E-state index is -0.0639. The summed E-state index contributed by atoms with van der Waals surface area (Å²) in [5, 5.41) is 14.6. The van der Waals surface area contributed by atoms with E-state index >= 15 is 0 Å². The lowest BCUT2D eigenvalue weighted by Crippen LogP contribution is -2.43. The van der Waals surface area contributed by atoms with Crippen LogP contribution < -0.4 is 10.2 Å². The molecule has 1 aliphatic heterocycles. The maximum absolute atomic E-state index is 12.8. The van der Waals surface area contributed by atoms with E-state index in [1.165, 1.54) is 0 Å². The fourth-order valence-corrected chi connectivity index (χ4v) is 4.41. The van der Waals surface area contributed by atoms with Crippen LogP contribution in [-0.4, -0.2) is 34.2 Å². The number of halogens is 1. The van der Waals surface area contributed by atoms with Gasteiger partial charge in [0.2, 0.25) is 5.91 Å². The van der Waals surface area contributed by atoms with E-state index in [1.54, 1.807) is 17.4 Å². The Balaban J connectivity index is 1.36. The molecule has 0 radical (unpaired) electrons. The van der Waals surface area contributed by atoms with Crippen molar-refractivity contribution in [2.24, 2.45) is 5.92 Å². The molecule has 2 aromatic heterocycles. The van der Waals surface area contributed by atoms with Gasteiger partial charge in [0, 0.05) is 36.3 Å². The Bertz CT molecular complexity index is 991. The lowest BCUT2D eigenvalue weighted by Gasteiger charge is -2.32. The number of nitrogens with one attached hydrogen (secondary N) is 1. The highest BCUT2D eigenvalue weighted by molar-refractivity contribution is 7.13. The molecular weight excluding hydrogens is 406 g/mol. The van der Waals surface area contributed by atoms with Crippen LogP contribution in [0.15, 0.2) is 41.8 Å². The average Bonchev–Trinajstić information content (AvgIpc) is 3.19. The van der Waals surface area contributed by atoms with E-state index < -0.39 is 0 Å². The van der Waals surface area contributed by atoms with Crippen LogP contribution in [0.5, 0.6) is 0 Å². The van der Waals surface area contributed by atoms with Gasteiger partial charge in [0.1, 0.15) is 5.01 Å². The number of anilines is 1. The zero-order valence-corrected chi connectivity index (χ0v) is 17.7. The summed E-state index contributed by atoms with van der Waals surface area (Å²) in [5.74, 6) is 0.775. The Morgan fingerprint density at radius 1 is 1.31 bits per heavy atom. The Kier molecular flexibility index (Phi) is 6.06. The number of piperidine rings is 1. The second kappa shape index (κ2) is 8.88. The van der Waals surface area contributed by atoms with Crippen LogP contribution in [0.4, 0.5) is 5.82 Å². The maximum Gasteiger partial charge on any atom is 0.225 e. The van der Waals surface area contributed by atoms with Gasteiger partial charge in [-0.15, -0.1) is 21.5 Å². The van der Waals surface area contributed by atoms with E-state index in [9.17, 15) is 4.79 Å². The molecule has 1 atom stereocenters. The van der Waals surface area contributed by atoms with E-state index in [0.717, 1.165) is 47.0 Å². The third-order valence-electron chi connectivity index (χ3n) is 4.99. The third-order valence-corrected chi connectivity index (χ3v) is 6.20. The first-order valence-corrected chi connectivity index (χ1v) is 10.9. The highest BCUT2D eigenvalue weighted by Crippen LogP contribution is 2.25. The molecule has 1 aliphatic rings. The molecular formula is C21H22ClN5OS. The fourth-order valence-electron chi connectivity index (χ4n) is 3.51. The van der Waals surface area contributed by atoms with Gasteiger partial charge in [-0.1, -0.05) is 29.8 Å². The molecule has 0 bridgehead atoms. The first-order chi connectivity index (χ1) is 14.1. The quantitative estimate of drug-likeness (QED) is 0.663. The van der Waals surface area contributed by atoms with E-state index in [0.29, 0.717) is 18.2 Å². The molecule has 3 aromatic rings. The Morgan fingerprint density at radius 3 is 2.97 bits per heavy atom. The minimum Gasteiger partial charge on any atom is -0.354 e. The number of nitrogens with zero attached hydrogens (tertiary/aromatic N) is 4. The molecule has 1 saturated heterocycles. The average molecular weight is 428 g/mol. The van der Waals surface area contributed by atoms with E-state index in [-0.39, 0.29) is 11.8 Å². The number of hydrogen-bond donors (Lipinski definition) is 1. The number of aromatic nitrogens is 3. The van der Waals surface area contributed by atoms with Crippen LogP contribution in [0.25, 0.3) is 10.6 Å². The molecule has 1 aromatic carbocycles. The van der Waals surface area contributed by atoms with E-state index in [1.807, 2.05) is 30.5 Å². The van der Waals surface area contributed by atoms with Gasteiger partial charge in [0.05, 0.1) is 5.92 Å². The Hall–Kier alpha value is -2.51. The molecule has 0 aliphatic carbocycles. The molecule has 0 spiro atoms. The van der Waals surface area contributed by atoms with Gasteiger partial charge in [-0.3, -0.25) is 4.79 Å². The number of carbonyl (C=O) groups is 1. The van der Waals surface area contributed by atoms with Crippen LogP contribution in [0, 0.1) is 12.8 Å². The minimum absolute atomic E-state index is 0.0639. The summed E-state index contributed by atoms with van der Waals surface area (Å²) in [6.45, 7) is 4.01. The van der Waals surface area contributed by atoms with Crippen LogP contribution >= 0.6 is 22.9 Å². The number of amides is 1. The van der Waals surface area contributed by atoms with Crippen molar-refractivity contribution in [3.8, 4) is 10.6 Å². The lowest BCUT2D eigenvalue weighted by molar-refractivity contribution is -0.125. The summed E-state index contributed by atoms with van der Waals surface area (Å²) in [6.07, 6.45) is 1.82. The van der Waals surface area contributed by atoms with Gasteiger partial charge in [0.25, 0.3) is 0 Å². The van der Waals surface area contributed by atoms with Crippen molar-refractivity contribution in [1.82, 2.24) is 20.5 Å². The zero-order chi connectivity index (χ0) is 20.2. The van der Waals surface area contributed by atoms with Crippen molar-refractivity contribution in [2.75, 3.05) is 18.0 Å². The summed E-state index contributed by atoms with van der Waals surface area (Å²) >= 11 is 7.46. The second-order valence-corrected chi connectivity index (χ2v) is 8.46.